The molecule has 2 saturated heterocycles. The van der Waals surface area contributed by atoms with E-state index in [1.54, 1.807) is 6.08 Å². The first-order chi connectivity index (χ1) is 8.31. The van der Waals surface area contributed by atoms with Crippen molar-refractivity contribution in [1.29, 1.82) is 0 Å². The highest BCUT2D eigenvalue weighted by molar-refractivity contribution is 5.88. The molecule has 0 spiro atoms. The average molecular weight is 238 g/mol. The lowest BCUT2D eigenvalue weighted by Crippen LogP contribution is -2.39. The highest BCUT2D eigenvalue weighted by Crippen LogP contribution is 2.19. The summed E-state index contributed by atoms with van der Waals surface area (Å²) in [5.41, 5.74) is 5.67. The van der Waals surface area contributed by atoms with Gasteiger partial charge in [0, 0.05) is 32.3 Å². The molecule has 1 amide bonds. The van der Waals surface area contributed by atoms with Crippen LogP contribution in [0.15, 0.2) is 12.2 Å². The van der Waals surface area contributed by atoms with Crippen LogP contribution in [-0.2, 0) is 9.53 Å². The zero-order valence-corrected chi connectivity index (χ0v) is 10.3. The van der Waals surface area contributed by atoms with Gasteiger partial charge in [-0.2, -0.15) is 0 Å². The summed E-state index contributed by atoms with van der Waals surface area (Å²) in [6.07, 6.45) is 7.99. The van der Waals surface area contributed by atoms with Crippen molar-refractivity contribution in [1.82, 2.24) is 4.90 Å². The second-order valence-electron chi connectivity index (χ2n) is 4.87. The summed E-state index contributed by atoms with van der Waals surface area (Å²) >= 11 is 0. The maximum atomic E-state index is 12.0. The second kappa shape index (κ2) is 6.17. The SMILES string of the molecule is NCC1CCCN1C(=O)C=CC1CCOCC1. The van der Waals surface area contributed by atoms with Gasteiger partial charge < -0.3 is 15.4 Å². The minimum absolute atomic E-state index is 0.129. The van der Waals surface area contributed by atoms with E-state index < -0.39 is 0 Å². The number of likely N-dealkylation sites (tertiary alicyclic amines) is 1. The predicted molar refractivity (Wildman–Crippen MR) is 66.5 cm³/mol. The lowest BCUT2D eigenvalue weighted by molar-refractivity contribution is -0.126. The van der Waals surface area contributed by atoms with Gasteiger partial charge in [0.2, 0.25) is 5.91 Å². The Morgan fingerprint density at radius 3 is 2.82 bits per heavy atom. The number of nitrogens with two attached hydrogens (primary N) is 1. The number of hydrogen-bond donors (Lipinski definition) is 1. The van der Waals surface area contributed by atoms with E-state index in [0.717, 1.165) is 45.4 Å². The number of amides is 1. The number of nitrogens with zero attached hydrogens (tertiary/aromatic N) is 1. The molecule has 96 valence electrons. The Labute approximate surface area is 103 Å². The van der Waals surface area contributed by atoms with Gasteiger partial charge in [0.1, 0.15) is 0 Å². The lowest BCUT2D eigenvalue weighted by Gasteiger charge is -2.22. The van der Waals surface area contributed by atoms with Crippen molar-refractivity contribution in [2.45, 2.75) is 31.7 Å². The van der Waals surface area contributed by atoms with Gasteiger partial charge in [-0.1, -0.05) is 6.08 Å². The minimum atomic E-state index is 0.129. The fourth-order valence-corrected chi connectivity index (χ4v) is 2.59. The monoisotopic (exact) mass is 238 g/mol. The topological polar surface area (TPSA) is 55.6 Å². The molecule has 0 bridgehead atoms. The van der Waals surface area contributed by atoms with Crippen LogP contribution in [0.1, 0.15) is 25.7 Å². The highest BCUT2D eigenvalue weighted by Gasteiger charge is 2.26. The van der Waals surface area contributed by atoms with Gasteiger partial charge in [-0.25, -0.2) is 0 Å². The molecule has 2 aliphatic rings. The maximum absolute atomic E-state index is 12.0. The number of carbonyl (C=O) groups excluding carboxylic acids is 1. The maximum Gasteiger partial charge on any atom is 0.246 e. The van der Waals surface area contributed by atoms with Crippen LogP contribution >= 0.6 is 0 Å². The van der Waals surface area contributed by atoms with Gasteiger partial charge in [0.15, 0.2) is 0 Å². The van der Waals surface area contributed by atoms with Crippen molar-refractivity contribution in [2.75, 3.05) is 26.3 Å². The number of allylic oxidation sites excluding steroid dienone is 1. The number of rotatable bonds is 3. The minimum Gasteiger partial charge on any atom is -0.381 e. The molecule has 2 fully saturated rings. The highest BCUT2D eigenvalue weighted by atomic mass is 16.5. The summed E-state index contributed by atoms with van der Waals surface area (Å²) in [4.78, 5) is 13.9. The molecule has 0 radical (unpaired) electrons. The van der Waals surface area contributed by atoms with Gasteiger partial charge >= 0.3 is 0 Å². The first-order valence-electron chi connectivity index (χ1n) is 6.58. The second-order valence-corrected chi connectivity index (χ2v) is 4.87. The van der Waals surface area contributed by atoms with E-state index in [1.807, 2.05) is 4.90 Å². The van der Waals surface area contributed by atoms with E-state index in [-0.39, 0.29) is 11.9 Å². The van der Waals surface area contributed by atoms with E-state index in [2.05, 4.69) is 6.08 Å². The summed E-state index contributed by atoms with van der Waals surface area (Å²) in [6.45, 7) is 3.08. The van der Waals surface area contributed by atoms with Crippen molar-refractivity contribution in [2.24, 2.45) is 11.7 Å². The largest absolute Gasteiger partial charge is 0.381 e. The van der Waals surface area contributed by atoms with E-state index in [4.69, 9.17) is 10.5 Å². The molecule has 17 heavy (non-hydrogen) atoms. The third-order valence-corrected chi connectivity index (χ3v) is 3.71. The molecule has 0 aromatic heterocycles. The van der Waals surface area contributed by atoms with E-state index in [0.29, 0.717) is 12.5 Å². The summed E-state index contributed by atoms with van der Waals surface area (Å²) < 4.78 is 5.30. The molecule has 2 aliphatic heterocycles. The third-order valence-electron chi connectivity index (χ3n) is 3.71. The number of hydrogen-bond acceptors (Lipinski definition) is 3. The molecule has 2 heterocycles. The van der Waals surface area contributed by atoms with E-state index in [9.17, 15) is 4.79 Å². The molecule has 2 N–H and O–H groups in total. The van der Waals surface area contributed by atoms with E-state index in [1.165, 1.54) is 0 Å². The van der Waals surface area contributed by atoms with Crippen molar-refractivity contribution in [3.05, 3.63) is 12.2 Å². The van der Waals surface area contributed by atoms with Gasteiger partial charge in [0.25, 0.3) is 0 Å². The number of carbonyl (C=O) groups is 1. The van der Waals surface area contributed by atoms with Crippen LogP contribution in [0.5, 0.6) is 0 Å². The quantitative estimate of drug-likeness (QED) is 0.744. The van der Waals surface area contributed by atoms with Gasteiger partial charge in [-0.15, -0.1) is 0 Å². The zero-order chi connectivity index (χ0) is 12.1. The van der Waals surface area contributed by atoms with Crippen molar-refractivity contribution in [3.8, 4) is 0 Å². The van der Waals surface area contributed by atoms with Crippen LogP contribution < -0.4 is 5.73 Å². The van der Waals surface area contributed by atoms with Gasteiger partial charge in [0.05, 0.1) is 0 Å². The van der Waals surface area contributed by atoms with Crippen LogP contribution in [0.3, 0.4) is 0 Å². The molecule has 0 saturated carbocycles. The molecule has 0 aliphatic carbocycles. The molecule has 2 rings (SSSR count). The van der Waals surface area contributed by atoms with Crippen molar-refractivity contribution < 1.29 is 9.53 Å². The first kappa shape index (κ1) is 12.6. The molecular weight excluding hydrogens is 216 g/mol. The van der Waals surface area contributed by atoms with Crippen molar-refractivity contribution >= 4 is 5.91 Å². The Kier molecular flexibility index (Phi) is 4.57. The molecule has 4 heteroatoms. The van der Waals surface area contributed by atoms with Crippen LogP contribution in [0.2, 0.25) is 0 Å². The summed E-state index contributed by atoms with van der Waals surface area (Å²) in [5.74, 6) is 0.635. The van der Waals surface area contributed by atoms with Crippen LogP contribution in [-0.4, -0.2) is 43.2 Å². The average Bonchev–Trinajstić information content (AvgIpc) is 2.85. The lowest BCUT2D eigenvalue weighted by atomic mass is 10.00. The zero-order valence-electron chi connectivity index (χ0n) is 10.3. The normalized spacial score (nSPS) is 26.9. The fourth-order valence-electron chi connectivity index (χ4n) is 2.59. The molecule has 1 atom stereocenters. The van der Waals surface area contributed by atoms with Crippen LogP contribution in [0, 0.1) is 5.92 Å². The smallest absolute Gasteiger partial charge is 0.246 e. The van der Waals surface area contributed by atoms with Gasteiger partial charge in [-0.3, -0.25) is 4.79 Å². The first-order valence-corrected chi connectivity index (χ1v) is 6.58. The Hall–Kier alpha value is -0.870. The predicted octanol–water partition coefficient (Wildman–Crippen LogP) is 0.919. The van der Waals surface area contributed by atoms with E-state index >= 15 is 0 Å². The summed E-state index contributed by atoms with van der Waals surface area (Å²) in [6, 6.07) is 0.252. The standard InChI is InChI=1S/C13H22N2O2/c14-10-12-2-1-7-15(12)13(16)4-3-11-5-8-17-9-6-11/h3-4,11-12H,1-2,5-10,14H2. The van der Waals surface area contributed by atoms with Gasteiger partial charge in [-0.05, 0) is 37.7 Å². The molecule has 4 nitrogen and oxygen atoms in total. The third kappa shape index (κ3) is 3.30. The van der Waals surface area contributed by atoms with Crippen LogP contribution in [0.25, 0.3) is 0 Å². The summed E-state index contributed by atoms with van der Waals surface area (Å²) in [7, 11) is 0. The Morgan fingerprint density at radius 1 is 1.35 bits per heavy atom. The number of ether oxygens (including phenoxy) is 1. The molecule has 0 aromatic carbocycles. The van der Waals surface area contributed by atoms with Crippen LogP contribution in [0.4, 0.5) is 0 Å². The Bertz CT molecular complexity index is 285. The molecule has 0 aromatic rings. The molecule has 1 unspecified atom stereocenters. The Balaban J connectivity index is 1.85. The summed E-state index contributed by atoms with van der Waals surface area (Å²) in [5, 5.41) is 0. The Morgan fingerprint density at radius 2 is 2.12 bits per heavy atom. The van der Waals surface area contributed by atoms with Crippen molar-refractivity contribution in [3.63, 3.8) is 0 Å². The molecular formula is C13H22N2O2. The fraction of sp³-hybridized carbons (Fsp3) is 0.769.